The Morgan fingerprint density at radius 1 is 1.00 bits per heavy atom. The number of hydrogen-bond acceptors (Lipinski definition) is 5. The molecule has 0 unspecified atom stereocenters. The van der Waals surface area contributed by atoms with Crippen molar-refractivity contribution in [3.63, 3.8) is 0 Å². The molecule has 27 heavy (non-hydrogen) atoms. The van der Waals surface area contributed by atoms with Gasteiger partial charge < -0.3 is 4.74 Å². The molecule has 0 saturated heterocycles. The molecule has 4 saturated carbocycles. The normalized spacial score (nSPS) is 32.9. The Hall–Kier alpha value is -1.69. The van der Waals surface area contributed by atoms with Crippen LogP contribution in [0, 0.1) is 23.2 Å². The molecule has 1 aromatic carbocycles. The van der Waals surface area contributed by atoms with Crippen LogP contribution >= 0.6 is 0 Å². The van der Waals surface area contributed by atoms with Gasteiger partial charge >= 0.3 is 5.97 Å². The van der Waals surface area contributed by atoms with E-state index in [1.165, 1.54) is 43.5 Å². The van der Waals surface area contributed by atoms with Gasteiger partial charge in [0.05, 0.1) is 10.5 Å². The number of hydrogen-bond donors (Lipinski definition) is 0. The Morgan fingerprint density at radius 2 is 1.48 bits per heavy atom. The van der Waals surface area contributed by atoms with Crippen LogP contribution in [0.15, 0.2) is 29.2 Å². The van der Waals surface area contributed by atoms with E-state index in [1.807, 2.05) is 0 Å². The number of Topliss-reactive ketones (excluding diaryl/α,β-unsaturated/α-hetero) is 1. The lowest BCUT2D eigenvalue weighted by Gasteiger charge is -2.56. The molecule has 0 spiro atoms. The van der Waals surface area contributed by atoms with Gasteiger partial charge in [0.1, 0.15) is 0 Å². The Labute approximate surface area is 160 Å². The largest absolute Gasteiger partial charge is 0.451 e. The Bertz CT molecular complexity index is 833. The summed E-state index contributed by atoms with van der Waals surface area (Å²) in [6, 6.07) is 5.64. The molecule has 0 radical (unpaired) electrons. The highest BCUT2D eigenvalue weighted by molar-refractivity contribution is 7.90. The first kappa shape index (κ1) is 18.7. The summed E-state index contributed by atoms with van der Waals surface area (Å²) in [7, 11) is -3.31. The SMILES string of the molecule is C[C@H](OC(=O)c1ccc(S(C)(=O)=O)cc1)C(=O)C12CC3CC(CC(C3)C1)C2. The van der Waals surface area contributed by atoms with Crippen LogP contribution in [0.5, 0.6) is 0 Å². The van der Waals surface area contributed by atoms with Gasteiger partial charge in [0, 0.05) is 11.7 Å². The second-order valence-corrected chi connectivity index (χ2v) is 10.9. The zero-order valence-electron chi connectivity index (χ0n) is 15.8. The highest BCUT2D eigenvalue weighted by Gasteiger charge is 2.55. The van der Waals surface area contributed by atoms with Crippen LogP contribution in [0.3, 0.4) is 0 Å². The van der Waals surface area contributed by atoms with Crippen LogP contribution in [0.1, 0.15) is 55.8 Å². The molecule has 4 aliphatic carbocycles. The molecule has 5 rings (SSSR count). The van der Waals surface area contributed by atoms with Crippen molar-refractivity contribution in [2.24, 2.45) is 23.2 Å². The van der Waals surface area contributed by atoms with Gasteiger partial charge in [0.25, 0.3) is 0 Å². The first-order valence-corrected chi connectivity index (χ1v) is 11.6. The van der Waals surface area contributed by atoms with E-state index < -0.39 is 21.9 Å². The minimum Gasteiger partial charge on any atom is -0.451 e. The number of carbonyl (C=O) groups is 2. The highest BCUT2D eigenvalue weighted by Crippen LogP contribution is 2.60. The van der Waals surface area contributed by atoms with Gasteiger partial charge in [-0.3, -0.25) is 4.79 Å². The Morgan fingerprint density at radius 3 is 1.93 bits per heavy atom. The molecule has 0 aliphatic heterocycles. The molecular formula is C21H26O5S. The lowest BCUT2D eigenvalue weighted by molar-refractivity contribution is -0.152. The lowest BCUT2D eigenvalue weighted by Crippen LogP contribution is -2.52. The van der Waals surface area contributed by atoms with Crippen LogP contribution in [0.25, 0.3) is 0 Å². The molecule has 0 N–H and O–H groups in total. The number of rotatable bonds is 5. The molecule has 146 valence electrons. The summed E-state index contributed by atoms with van der Waals surface area (Å²) >= 11 is 0. The number of carbonyl (C=O) groups excluding carboxylic acids is 2. The third-order valence-corrected chi connectivity index (χ3v) is 7.86. The second-order valence-electron chi connectivity index (χ2n) is 8.91. The average molecular weight is 391 g/mol. The monoisotopic (exact) mass is 390 g/mol. The summed E-state index contributed by atoms with van der Waals surface area (Å²) in [5, 5.41) is 0. The van der Waals surface area contributed by atoms with Crippen LogP contribution < -0.4 is 0 Å². The molecule has 4 aliphatic rings. The second kappa shape index (κ2) is 6.43. The van der Waals surface area contributed by atoms with Crippen LogP contribution in [-0.4, -0.2) is 32.5 Å². The fourth-order valence-electron chi connectivity index (χ4n) is 5.96. The summed E-state index contributed by atoms with van der Waals surface area (Å²) in [6.07, 6.45) is 6.96. The van der Waals surface area contributed by atoms with Crippen LogP contribution in [-0.2, 0) is 19.4 Å². The summed E-state index contributed by atoms with van der Waals surface area (Å²) in [5.74, 6) is 1.47. The van der Waals surface area contributed by atoms with E-state index >= 15 is 0 Å². The molecule has 5 nitrogen and oxygen atoms in total. The van der Waals surface area contributed by atoms with Crippen molar-refractivity contribution >= 4 is 21.6 Å². The fourth-order valence-corrected chi connectivity index (χ4v) is 6.59. The zero-order valence-corrected chi connectivity index (χ0v) is 16.6. The molecule has 0 heterocycles. The summed E-state index contributed by atoms with van der Waals surface area (Å²) in [5.41, 5.74) is -0.0400. The van der Waals surface area contributed by atoms with Crippen LogP contribution in [0.2, 0.25) is 0 Å². The van der Waals surface area contributed by atoms with Crippen molar-refractivity contribution in [2.75, 3.05) is 6.26 Å². The van der Waals surface area contributed by atoms with Crippen molar-refractivity contribution < 1.29 is 22.7 Å². The van der Waals surface area contributed by atoms with Gasteiger partial charge in [-0.1, -0.05) is 0 Å². The Kier molecular flexibility index (Phi) is 4.45. The maximum atomic E-state index is 13.2. The van der Waals surface area contributed by atoms with Crippen molar-refractivity contribution in [1.82, 2.24) is 0 Å². The number of esters is 1. The molecule has 6 heteroatoms. The standard InChI is InChI=1S/C21H26O5S/c1-13(26-20(23)17-3-5-18(6-4-17)27(2,24)25)19(22)21-10-14-7-15(11-21)9-16(8-14)12-21/h3-6,13-16H,7-12H2,1-2H3/t13-,14?,15?,16?,21?/m0/s1. The third kappa shape index (κ3) is 3.44. The smallest absolute Gasteiger partial charge is 0.338 e. The van der Waals surface area contributed by atoms with E-state index in [1.54, 1.807) is 6.92 Å². The van der Waals surface area contributed by atoms with E-state index in [4.69, 9.17) is 4.74 Å². The minimum absolute atomic E-state index is 0.0720. The minimum atomic E-state index is -3.31. The van der Waals surface area contributed by atoms with Crippen molar-refractivity contribution in [1.29, 1.82) is 0 Å². The zero-order chi connectivity index (χ0) is 19.4. The molecule has 4 fully saturated rings. The van der Waals surface area contributed by atoms with Gasteiger partial charge in [0.15, 0.2) is 21.7 Å². The summed E-state index contributed by atoms with van der Waals surface area (Å²) < 4.78 is 28.5. The third-order valence-electron chi connectivity index (χ3n) is 6.73. The van der Waals surface area contributed by atoms with Gasteiger partial charge in [-0.2, -0.15) is 0 Å². The Balaban J connectivity index is 1.45. The van der Waals surface area contributed by atoms with E-state index in [9.17, 15) is 18.0 Å². The molecule has 1 aromatic rings. The van der Waals surface area contributed by atoms with E-state index in [0.29, 0.717) is 17.8 Å². The predicted octanol–water partition coefficient (Wildman–Crippen LogP) is 3.42. The number of ketones is 1. The first-order valence-electron chi connectivity index (χ1n) is 9.72. The highest BCUT2D eigenvalue weighted by atomic mass is 32.2. The number of benzene rings is 1. The van der Waals surface area contributed by atoms with Gasteiger partial charge in [-0.05, 0) is 87.5 Å². The van der Waals surface area contributed by atoms with E-state index in [2.05, 4.69) is 0 Å². The summed E-state index contributed by atoms with van der Waals surface area (Å²) in [4.78, 5) is 25.8. The summed E-state index contributed by atoms with van der Waals surface area (Å²) in [6.45, 7) is 1.67. The molecule has 1 atom stereocenters. The predicted molar refractivity (Wildman–Crippen MR) is 100 cm³/mol. The van der Waals surface area contributed by atoms with E-state index in [-0.39, 0.29) is 21.7 Å². The maximum Gasteiger partial charge on any atom is 0.338 e. The molecular weight excluding hydrogens is 364 g/mol. The van der Waals surface area contributed by atoms with Crippen molar-refractivity contribution in [3.05, 3.63) is 29.8 Å². The maximum absolute atomic E-state index is 13.2. The molecule has 0 aromatic heterocycles. The quantitative estimate of drug-likeness (QED) is 0.720. The first-order chi connectivity index (χ1) is 12.7. The lowest BCUT2D eigenvalue weighted by atomic mass is 9.48. The van der Waals surface area contributed by atoms with Gasteiger partial charge in [-0.15, -0.1) is 0 Å². The van der Waals surface area contributed by atoms with Crippen molar-refractivity contribution in [2.45, 2.75) is 56.4 Å². The molecule has 4 bridgehead atoms. The van der Waals surface area contributed by atoms with Gasteiger partial charge in [-0.25, -0.2) is 13.2 Å². The fraction of sp³-hybridized carbons (Fsp3) is 0.619. The number of ether oxygens (including phenoxy) is 1. The van der Waals surface area contributed by atoms with Crippen molar-refractivity contribution in [3.8, 4) is 0 Å². The van der Waals surface area contributed by atoms with Crippen LogP contribution in [0.4, 0.5) is 0 Å². The van der Waals surface area contributed by atoms with E-state index in [0.717, 1.165) is 25.5 Å². The molecule has 0 amide bonds. The van der Waals surface area contributed by atoms with Gasteiger partial charge in [0.2, 0.25) is 0 Å². The topological polar surface area (TPSA) is 77.5 Å². The average Bonchev–Trinajstić information content (AvgIpc) is 2.59. The number of sulfone groups is 1.